The minimum absolute atomic E-state index is 0.339. The molecule has 4 heteroatoms. The van der Waals surface area contributed by atoms with Gasteiger partial charge in [0, 0.05) is 16.2 Å². The van der Waals surface area contributed by atoms with Gasteiger partial charge in [-0.05, 0) is 78.2 Å². The van der Waals surface area contributed by atoms with Crippen molar-refractivity contribution < 1.29 is 9.84 Å². The van der Waals surface area contributed by atoms with Gasteiger partial charge in [-0.25, -0.2) is 0 Å². The Balaban J connectivity index is 1.52. The van der Waals surface area contributed by atoms with Gasteiger partial charge in [0.2, 0.25) is 0 Å². The van der Waals surface area contributed by atoms with Crippen LogP contribution < -0.4 is 4.74 Å². The summed E-state index contributed by atoms with van der Waals surface area (Å²) in [6.07, 6.45) is 3.32. The fourth-order valence-electron chi connectivity index (χ4n) is 3.37. The molecule has 0 bridgehead atoms. The average molecular weight is 451 g/mol. The van der Waals surface area contributed by atoms with Crippen LogP contribution in [0.25, 0.3) is 11.1 Å². The monoisotopic (exact) mass is 451 g/mol. The first kappa shape index (κ1) is 18.7. The summed E-state index contributed by atoms with van der Waals surface area (Å²) in [6.45, 7) is 4.37. The molecule has 2 unspecified atom stereocenters. The van der Waals surface area contributed by atoms with Crippen molar-refractivity contribution >= 4 is 22.6 Å². The van der Waals surface area contributed by atoms with E-state index >= 15 is 0 Å². The van der Waals surface area contributed by atoms with Gasteiger partial charge in [-0.1, -0.05) is 36.8 Å². The molecule has 1 N–H and O–H groups in total. The van der Waals surface area contributed by atoms with E-state index in [1.807, 2.05) is 18.2 Å². The van der Waals surface area contributed by atoms with Crippen molar-refractivity contribution in [3.05, 3.63) is 52.1 Å². The lowest BCUT2D eigenvalue weighted by atomic mass is 10.0. The van der Waals surface area contributed by atoms with E-state index in [2.05, 4.69) is 64.7 Å². The van der Waals surface area contributed by atoms with Gasteiger partial charge in [0.25, 0.3) is 0 Å². The summed E-state index contributed by atoms with van der Waals surface area (Å²) in [7, 11) is 0. The van der Waals surface area contributed by atoms with Crippen molar-refractivity contribution in [1.82, 2.24) is 4.90 Å². The second-order valence-electron chi connectivity index (χ2n) is 6.81. The van der Waals surface area contributed by atoms with Gasteiger partial charge in [-0.3, -0.25) is 4.90 Å². The van der Waals surface area contributed by atoms with Crippen molar-refractivity contribution in [2.45, 2.75) is 38.3 Å². The molecule has 1 heterocycles. The number of aliphatic hydroxyl groups excluding tert-OH is 1. The summed E-state index contributed by atoms with van der Waals surface area (Å²) in [4.78, 5) is 2.37. The zero-order valence-electron chi connectivity index (χ0n) is 14.7. The first-order valence-corrected chi connectivity index (χ1v) is 10.1. The van der Waals surface area contributed by atoms with Crippen LogP contribution in [0.5, 0.6) is 5.75 Å². The van der Waals surface area contributed by atoms with Crippen molar-refractivity contribution in [2.75, 3.05) is 19.7 Å². The van der Waals surface area contributed by atoms with Gasteiger partial charge in [0.05, 0.1) is 0 Å². The van der Waals surface area contributed by atoms with Crippen molar-refractivity contribution in [1.29, 1.82) is 0 Å². The van der Waals surface area contributed by atoms with E-state index in [4.69, 9.17) is 4.74 Å². The maximum atomic E-state index is 10.3. The van der Waals surface area contributed by atoms with Gasteiger partial charge in [-0.15, -0.1) is 0 Å². The van der Waals surface area contributed by atoms with E-state index in [0.717, 1.165) is 12.3 Å². The molecule has 2 aromatic rings. The van der Waals surface area contributed by atoms with E-state index in [1.165, 1.54) is 34.0 Å². The third-order valence-electron chi connectivity index (χ3n) is 4.87. The minimum Gasteiger partial charge on any atom is -0.491 e. The van der Waals surface area contributed by atoms with Gasteiger partial charge in [0.15, 0.2) is 0 Å². The topological polar surface area (TPSA) is 32.7 Å². The van der Waals surface area contributed by atoms with E-state index in [0.29, 0.717) is 19.2 Å². The van der Waals surface area contributed by atoms with Crippen LogP contribution in [-0.4, -0.2) is 41.8 Å². The molecule has 1 aliphatic rings. The van der Waals surface area contributed by atoms with Gasteiger partial charge >= 0.3 is 0 Å². The molecule has 1 saturated heterocycles. The Morgan fingerprint density at radius 1 is 1.16 bits per heavy atom. The van der Waals surface area contributed by atoms with Crippen LogP contribution in [-0.2, 0) is 0 Å². The summed E-state index contributed by atoms with van der Waals surface area (Å²) >= 11 is 2.36. The molecular formula is C21H26INO2. The Morgan fingerprint density at radius 2 is 1.92 bits per heavy atom. The summed E-state index contributed by atoms with van der Waals surface area (Å²) in [6, 6.07) is 17.0. The predicted octanol–water partition coefficient (Wildman–Crippen LogP) is 4.57. The number of β-amino-alcohol motifs (C(OH)–C–C–N with tert-alkyl or cyclic N) is 1. The fourth-order valence-corrected chi connectivity index (χ4v) is 4.07. The van der Waals surface area contributed by atoms with E-state index in [1.54, 1.807) is 0 Å². The van der Waals surface area contributed by atoms with Crippen LogP contribution in [0.4, 0.5) is 0 Å². The summed E-state index contributed by atoms with van der Waals surface area (Å²) in [5.74, 6) is 0.806. The Morgan fingerprint density at radius 3 is 2.64 bits per heavy atom. The summed E-state index contributed by atoms with van der Waals surface area (Å²) in [5, 5.41) is 10.3. The summed E-state index contributed by atoms with van der Waals surface area (Å²) < 4.78 is 7.02. The number of hydrogen-bond donors (Lipinski definition) is 1. The molecule has 1 fully saturated rings. The van der Waals surface area contributed by atoms with Crippen LogP contribution in [0.15, 0.2) is 48.5 Å². The highest BCUT2D eigenvalue weighted by molar-refractivity contribution is 14.1. The number of aliphatic hydroxyl groups is 1. The second-order valence-corrected chi connectivity index (χ2v) is 7.97. The zero-order chi connectivity index (χ0) is 17.6. The lowest BCUT2D eigenvalue weighted by molar-refractivity contribution is 0.0438. The van der Waals surface area contributed by atoms with Crippen LogP contribution >= 0.6 is 22.6 Å². The molecule has 2 aromatic carbocycles. The Kier molecular flexibility index (Phi) is 6.73. The second kappa shape index (κ2) is 9.01. The third-order valence-corrected chi connectivity index (χ3v) is 5.81. The van der Waals surface area contributed by atoms with Crippen molar-refractivity contribution in [3.63, 3.8) is 0 Å². The molecule has 3 nitrogen and oxygen atoms in total. The molecule has 134 valence electrons. The van der Waals surface area contributed by atoms with Crippen molar-refractivity contribution in [2.24, 2.45) is 0 Å². The quantitative estimate of drug-likeness (QED) is 0.654. The molecule has 0 spiro atoms. The Labute approximate surface area is 164 Å². The standard InChI is InChI=1S/C21H26INO2/c1-16-6-4-5-13-23(16)14-18(24)15-25-19-11-9-17(10-12-19)20-7-2-3-8-21(20)22/h2-3,7-12,16,18,24H,4-6,13-15H2,1H3. The molecule has 2 atom stereocenters. The molecule has 1 aliphatic heterocycles. The number of piperidine rings is 1. The predicted molar refractivity (Wildman–Crippen MR) is 111 cm³/mol. The molecule has 0 radical (unpaired) electrons. The molecule has 0 amide bonds. The Bertz CT molecular complexity index is 674. The largest absolute Gasteiger partial charge is 0.491 e. The number of nitrogens with zero attached hydrogens (tertiary/aromatic N) is 1. The van der Waals surface area contributed by atoms with E-state index < -0.39 is 6.10 Å². The minimum atomic E-state index is -0.449. The van der Waals surface area contributed by atoms with Crippen LogP contribution in [0.3, 0.4) is 0 Å². The maximum Gasteiger partial charge on any atom is 0.119 e. The van der Waals surface area contributed by atoms with E-state index in [9.17, 15) is 5.11 Å². The first-order chi connectivity index (χ1) is 12.1. The molecule has 0 aromatic heterocycles. The van der Waals surface area contributed by atoms with Crippen LogP contribution in [0, 0.1) is 3.57 Å². The lowest BCUT2D eigenvalue weighted by Crippen LogP contribution is -2.43. The highest BCUT2D eigenvalue weighted by Crippen LogP contribution is 2.26. The first-order valence-electron chi connectivity index (χ1n) is 9.03. The lowest BCUT2D eigenvalue weighted by Gasteiger charge is -2.34. The highest BCUT2D eigenvalue weighted by atomic mass is 127. The molecule has 0 saturated carbocycles. The number of ether oxygens (including phenoxy) is 1. The number of benzene rings is 2. The van der Waals surface area contributed by atoms with E-state index in [-0.39, 0.29) is 0 Å². The van der Waals surface area contributed by atoms with Gasteiger partial charge < -0.3 is 9.84 Å². The highest BCUT2D eigenvalue weighted by Gasteiger charge is 2.20. The fraction of sp³-hybridized carbons (Fsp3) is 0.429. The number of rotatable bonds is 6. The normalized spacial score (nSPS) is 19.6. The molecule has 25 heavy (non-hydrogen) atoms. The van der Waals surface area contributed by atoms with Crippen molar-refractivity contribution in [3.8, 4) is 16.9 Å². The van der Waals surface area contributed by atoms with Gasteiger partial charge in [0.1, 0.15) is 18.5 Å². The number of hydrogen-bond acceptors (Lipinski definition) is 3. The Hall–Kier alpha value is -1.11. The molecular weight excluding hydrogens is 425 g/mol. The SMILES string of the molecule is CC1CCCCN1CC(O)COc1ccc(-c2ccccc2I)cc1. The third kappa shape index (κ3) is 5.19. The van der Waals surface area contributed by atoms with Gasteiger partial charge in [-0.2, -0.15) is 0 Å². The smallest absolute Gasteiger partial charge is 0.119 e. The number of likely N-dealkylation sites (tertiary alicyclic amines) is 1. The maximum absolute atomic E-state index is 10.3. The molecule has 3 rings (SSSR count). The molecule has 0 aliphatic carbocycles. The zero-order valence-corrected chi connectivity index (χ0v) is 16.9. The average Bonchev–Trinajstić information content (AvgIpc) is 2.63. The van der Waals surface area contributed by atoms with Crippen LogP contribution in [0.1, 0.15) is 26.2 Å². The van der Waals surface area contributed by atoms with Crippen LogP contribution in [0.2, 0.25) is 0 Å². The number of halogens is 1. The summed E-state index contributed by atoms with van der Waals surface area (Å²) in [5.41, 5.74) is 2.41.